The summed E-state index contributed by atoms with van der Waals surface area (Å²) in [5, 5.41) is 9.77. The van der Waals surface area contributed by atoms with E-state index in [9.17, 15) is 5.11 Å². The van der Waals surface area contributed by atoms with Gasteiger partial charge in [-0.3, -0.25) is 0 Å². The zero-order valence-corrected chi connectivity index (χ0v) is 9.39. The van der Waals surface area contributed by atoms with Crippen molar-refractivity contribution in [3.8, 4) is 0 Å². The number of aromatic nitrogens is 2. The number of aryl methyl sites for hydroxylation is 1. The van der Waals surface area contributed by atoms with Crippen molar-refractivity contribution < 1.29 is 5.11 Å². The van der Waals surface area contributed by atoms with Crippen LogP contribution in [0.2, 0.25) is 0 Å². The van der Waals surface area contributed by atoms with Gasteiger partial charge in [0.15, 0.2) is 0 Å². The van der Waals surface area contributed by atoms with Gasteiger partial charge in [-0.25, -0.2) is 4.98 Å². The molecule has 2 atom stereocenters. The summed E-state index contributed by atoms with van der Waals surface area (Å²) in [6.45, 7) is 3.21. The second-order valence-electron chi connectivity index (χ2n) is 4.50. The molecule has 1 saturated carbocycles. The van der Waals surface area contributed by atoms with E-state index < -0.39 is 0 Å². The Morgan fingerprint density at radius 1 is 1.53 bits per heavy atom. The van der Waals surface area contributed by atoms with Crippen molar-refractivity contribution in [2.75, 3.05) is 0 Å². The molecule has 3 heteroatoms. The van der Waals surface area contributed by atoms with Gasteiger partial charge < -0.3 is 9.67 Å². The lowest BCUT2D eigenvalue weighted by Gasteiger charge is -2.14. The van der Waals surface area contributed by atoms with Crippen molar-refractivity contribution in [3.05, 3.63) is 18.2 Å². The molecule has 0 aliphatic heterocycles. The van der Waals surface area contributed by atoms with Gasteiger partial charge in [-0.1, -0.05) is 13.3 Å². The molecule has 0 aromatic carbocycles. The molecule has 1 aromatic heterocycles. The second kappa shape index (κ2) is 4.79. The molecule has 0 bridgehead atoms. The first-order valence-corrected chi connectivity index (χ1v) is 5.99. The topological polar surface area (TPSA) is 38.0 Å². The van der Waals surface area contributed by atoms with Gasteiger partial charge in [0.2, 0.25) is 0 Å². The molecule has 1 heterocycles. The summed E-state index contributed by atoms with van der Waals surface area (Å²) < 4.78 is 2.21. The van der Waals surface area contributed by atoms with Gasteiger partial charge in [0.25, 0.3) is 0 Å². The quantitative estimate of drug-likeness (QED) is 0.821. The van der Waals surface area contributed by atoms with E-state index in [1.54, 1.807) is 0 Å². The summed E-state index contributed by atoms with van der Waals surface area (Å²) in [5.41, 5.74) is 0. The minimum Gasteiger partial charge on any atom is -0.393 e. The van der Waals surface area contributed by atoms with Crippen molar-refractivity contribution in [3.63, 3.8) is 0 Å². The summed E-state index contributed by atoms with van der Waals surface area (Å²) in [6.07, 6.45) is 9.17. The van der Waals surface area contributed by atoms with Crippen molar-refractivity contribution in [1.29, 1.82) is 0 Å². The first-order valence-electron chi connectivity index (χ1n) is 5.99. The minimum atomic E-state index is -0.100. The normalized spacial score (nSPS) is 26.0. The van der Waals surface area contributed by atoms with E-state index in [4.69, 9.17) is 0 Å². The molecule has 15 heavy (non-hydrogen) atoms. The molecule has 1 aliphatic rings. The van der Waals surface area contributed by atoms with Crippen LogP contribution in [0.5, 0.6) is 0 Å². The van der Waals surface area contributed by atoms with Gasteiger partial charge in [-0.2, -0.15) is 0 Å². The lowest BCUT2D eigenvalue weighted by Crippen LogP contribution is -2.18. The number of nitrogens with zero attached hydrogens (tertiary/aromatic N) is 2. The van der Waals surface area contributed by atoms with E-state index in [1.165, 1.54) is 6.42 Å². The maximum Gasteiger partial charge on any atom is 0.108 e. The summed E-state index contributed by atoms with van der Waals surface area (Å²) in [7, 11) is 0. The third-order valence-electron chi connectivity index (χ3n) is 3.33. The van der Waals surface area contributed by atoms with Crippen molar-refractivity contribution in [2.45, 2.75) is 51.7 Å². The standard InChI is InChI=1S/C12H20N2O/c1-2-7-14-8-6-13-12(14)9-10-4-3-5-11(10)15/h6,8,10-11,15H,2-5,7,9H2,1H3. The molecule has 1 fully saturated rings. The van der Waals surface area contributed by atoms with Crippen LogP contribution in [0, 0.1) is 5.92 Å². The van der Waals surface area contributed by atoms with Crippen LogP contribution >= 0.6 is 0 Å². The van der Waals surface area contributed by atoms with Crippen LogP contribution in [-0.2, 0) is 13.0 Å². The Morgan fingerprint density at radius 2 is 2.40 bits per heavy atom. The molecule has 0 amide bonds. The third-order valence-corrected chi connectivity index (χ3v) is 3.33. The third kappa shape index (κ3) is 2.40. The minimum absolute atomic E-state index is 0.100. The van der Waals surface area contributed by atoms with E-state index in [0.717, 1.165) is 38.1 Å². The molecule has 1 N–H and O–H groups in total. The maximum atomic E-state index is 9.77. The van der Waals surface area contributed by atoms with Crippen LogP contribution in [0.3, 0.4) is 0 Å². The highest BCUT2D eigenvalue weighted by atomic mass is 16.3. The lowest BCUT2D eigenvalue weighted by molar-refractivity contribution is 0.131. The van der Waals surface area contributed by atoms with E-state index >= 15 is 0 Å². The Balaban J connectivity index is 2.00. The highest BCUT2D eigenvalue weighted by Crippen LogP contribution is 2.28. The average molecular weight is 208 g/mol. The Hall–Kier alpha value is -0.830. The van der Waals surface area contributed by atoms with Crippen LogP contribution in [0.4, 0.5) is 0 Å². The highest BCUT2D eigenvalue weighted by molar-refractivity contribution is 4.96. The Bertz CT molecular complexity index is 308. The number of imidazole rings is 1. The van der Waals surface area contributed by atoms with Crippen LogP contribution in [0.15, 0.2) is 12.4 Å². The zero-order chi connectivity index (χ0) is 10.7. The Morgan fingerprint density at radius 3 is 3.07 bits per heavy atom. The number of hydrogen-bond donors (Lipinski definition) is 1. The second-order valence-corrected chi connectivity index (χ2v) is 4.50. The summed E-state index contributed by atoms with van der Waals surface area (Å²) in [6, 6.07) is 0. The molecule has 0 spiro atoms. The van der Waals surface area contributed by atoms with Gasteiger partial charge in [0.1, 0.15) is 5.82 Å². The van der Waals surface area contributed by atoms with E-state index in [-0.39, 0.29) is 6.10 Å². The molecule has 0 radical (unpaired) electrons. The monoisotopic (exact) mass is 208 g/mol. The number of rotatable bonds is 4. The van der Waals surface area contributed by atoms with Gasteiger partial charge in [0, 0.05) is 25.4 Å². The van der Waals surface area contributed by atoms with Crippen molar-refractivity contribution in [1.82, 2.24) is 9.55 Å². The molecular weight excluding hydrogens is 188 g/mol. The first-order chi connectivity index (χ1) is 7.31. The van der Waals surface area contributed by atoms with E-state index in [1.807, 2.05) is 12.4 Å². The van der Waals surface area contributed by atoms with E-state index in [0.29, 0.717) is 5.92 Å². The lowest BCUT2D eigenvalue weighted by atomic mass is 10.0. The highest BCUT2D eigenvalue weighted by Gasteiger charge is 2.26. The molecule has 1 aromatic rings. The summed E-state index contributed by atoms with van der Waals surface area (Å²) in [5.74, 6) is 1.57. The Labute approximate surface area is 91.1 Å². The average Bonchev–Trinajstić information content (AvgIpc) is 2.80. The SMILES string of the molecule is CCCn1ccnc1CC1CCCC1O. The van der Waals surface area contributed by atoms with Crippen LogP contribution in [-0.4, -0.2) is 20.8 Å². The van der Waals surface area contributed by atoms with Gasteiger partial charge in [-0.05, 0) is 25.2 Å². The molecule has 0 saturated heterocycles. The van der Waals surface area contributed by atoms with Gasteiger partial charge in [0.05, 0.1) is 6.10 Å². The molecule has 84 valence electrons. The van der Waals surface area contributed by atoms with Crippen LogP contribution < -0.4 is 0 Å². The molecular formula is C12H20N2O. The molecule has 2 unspecified atom stereocenters. The van der Waals surface area contributed by atoms with E-state index in [2.05, 4.69) is 16.5 Å². The van der Waals surface area contributed by atoms with Crippen molar-refractivity contribution >= 4 is 0 Å². The van der Waals surface area contributed by atoms with Crippen molar-refractivity contribution in [2.24, 2.45) is 5.92 Å². The largest absolute Gasteiger partial charge is 0.393 e. The summed E-state index contributed by atoms with van der Waals surface area (Å²) >= 11 is 0. The summed E-state index contributed by atoms with van der Waals surface area (Å²) in [4.78, 5) is 4.38. The Kier molecular flexibility index (Phi) is 3.41. The smallest absolute Gasteiger partial charge is 0.108 e. The predicted octanol–water partition coefficient (Wildman–Crippen LogP) is 2.00. The number of aliphatic hydroxyl groups is 1. The maximum absolute atomic E-state index is 9.77. The van der Waals surface area contributed by atoms with Gasteiger partial charge in [-0.15, -0.1) is 0 Å². The zero-order valence-electron chi connectivity index (χ0n) is 9.39. The van der Waals surface area contributed by atoms with Gasteiger partial charge >= 0.3 is 0 Å². The molecule has 2 rings (SSSR count). The first kappa shape index (κ1) is 10.7. The fourth-order valence-corrected chi connectivity index (χ4v) is 2.46. The fraction of sp³-hybridized carbons (Fsp3) is 0.750. The molecule has 3 nitrogen and oxygen atoms in total. The predicted molar refractivity (Wildman–Crippen MR) is 59.6 cm³/mol. The van der Waals surface area contributed by atoms with Crippen LogP contribution in [0.25, 0.3) is 0 Å². The number of hydrogen-bond acceptors (Lipinski definition) is 2. The molecule has 1 aliphatic carbocycles. The van der Waals surface area contributed by atoms with Crippen LogP contribution in [0.1, 0.15) is 38.4 Å². The fourth-order valence-electron chi connectivity index (χ4n) is 2.46. The number of aliphatic hydroxyl groups excluding tert-OH is 1.